The normalized spacial score (nSPS) is 10.4. The number of para-hydroxylation sites is 1. The molecule has 0 unspecified atom stereocenters. The van der Waals surface area contributed by atoms with Crippen LogP contribution < -0.4 is 20.3 Å². The maximum Gasteiger partial charge on any atom is 0.161 e. The van der Waals surface area contributed by atoms with E-state index in [9.17, 15) is 0 Å². The molecule has 2 N–H and O–H groups in total. The first kappa shape index (κ1) is 17.8. The van der Waals surface area contributed by atoms with Crippen LogP contribution in [0.15, 0.2) is 72.8 Å². The molecule has 0 amide bonds. The third-order valence-corrected chi connectivity index (χ3v) is 4.17. The lowest BCUT2D eigenvalue weighted by Gasteiger charge is -2.14. The molecule has 3 aromatic carbocycles. The van der Waals surface area contributed by atoms with Crippen LogP contribution in [-0.2, 0) is 13.2 Å². The number of ether oxygens (including phenoxy) is 2. The van der Waals surface area contributed by atoms with E-state index in [1.165, 1.54) is 11.1 Å². The predicted octanol–water partition coefficient (Wildman–Crippen LogP) is 4.70. The predicted molar refractivity (Wildman–Crippen MR) is 105 cm³/mol. The molecule has 0 spiro atoms. The molecule has 0 saturated heterocycles. The van der Waals surface area contributed by atoms with Crippen molar-refractivity contribution in [3.63, 3.8) is 0 Å². The van der Waals surface area contributed by atoms with Crippen LogP contribution in [0.4, 0.5) is 5.69 Å². The van der Waals surface area contributed by atoms with Gasteiger partial charge in [-0.1, -0.05) is 48.5 Å². The number of anilines is 1. The molecular formula is C22H24N2O2. The maximum atomic E-state index is 5.96. The molecule has 3 rings (SSSR count). The molecule has 0 saturated carbocycles. The Labute approximate surface area is 154 Å². The third kappa shape index (κ3) is 4.77. The van der Waals surface area contributed by atoms with Gasteiger partial charge in [-0.2, -0.15) is 0 Å². The average Bonchev–Trinajstić information content (AvgIpc) is 2.68. The summed E-state index contributed by atoms with van der Waals surface area (Å²) in [6.45, 7) is 3.28. The van der Waals surface area contributed by atoms with Crippen LogP contribution in [0.2, 0.25) is 0 Å². The van der Waals surface area contributed by atoms with Gasteiger partial charge in [0.05, 0.1) is 7.11 Å². The Morgan fingerprint density at radius 2 is 1.62 bits per heavy atom. The minimum absolute atomic E-state index is 0.524. The van der Waals surface area contributed by atoms with Gasteiger partial charge in [-0.15, -0.1) is 0 Å². The van der Waals surface area contributed by atoms with Crippen LogP contribution in [0.3, 0.4) is 0 Å². The topological polar surface area (TPSA) is 42.5 Å². The van der Waals surface area contributed by atoms with E-state index < -0.39 is 0 Å². The van der Waals surface area contributed by atoms with E-state index in [4.69, 9.17) is 9.47 Å². The van der Waals surface area contributed by atoms with Gasteiger partial charge in [0, 0.05) is 12.2 Å². The van der Waals surface area contributed by atoms with E-state index in [2.05, 4.69) is 29.9 Å². The number of hydrazine groups is 1. The highest BCUT2D eigenvalue weighted by Crippen LogP contribution is 2.29. The number of hydrogen-bond donors (Lipinski definition) is 2. The summed E-state index contributed by atoms with van der Waals surface area (Å²) >= 11 is 0. The molecule has 0 radical (unpaired) electrons. The second-order valence-corrected chi connectivity index (χ2v) is 6.04. The van der Waals surface area contributed by atoms with Crippen LogP contribution >= 0.6 is 0 Å². The van der Waals surface area contributed by atoms with Gasteiger partial charge in [-0.3, -0.25) is 0 Å². The van der Waals surface area contributed by atoms with Crippen LogP contribution in [-0.4, -0.2) is 7.11 Å². The SMILES string of the molecule is COc1cc(CNNc2ccccc2)ccc1OCc1ccccc1C. The standard InChI is InChI=1S/C22H24N2O2/c1-17-8-6-7-9-19(17)16-26-21-13-12-18(14-22(21)25-2)15-23-24-20-10-4-3-5-11-20/h3-14,23-24H,15-16H2,1-2H3. The molecule has 0 aliphatic carbocycles. The van der Waals surface area contributed by atoms with Crippen molar-refractivity contribution in [3.05, 3.63) is 89.5 Å². The maximum absolute atomic E-state index is 5.96. The van der Waals surface area contributed by atoms with E-state index in [1.54, 1.807) is 7.11 Å². The van der Waals surface area contributed by atoms with Crippen LogP contribution in [0.5, 0.6) is 11.5 Å². The zero-order chi connectivity index (χ0) is 18.2. The van der Waals surface area contributed by atoms with Crippen molar-refractivity contribution in [2.75, 3.05) is 12.5 Å². The molecule has 0 bridgehead atoms. The summed E-state index contributed by atoms with van der Waals surface area (Å²) in [5, 5.41) is 0. The van der Waals surface area contributed by atoms with E-state index in [-0.39, 0.29) is 0 Å². The number of nitrogens with one attached hydrogen (secondary N) is 2. The van der Waals surface area contributed by atoms with Gasteiger partial charge < -0.3 is 14.9 Å². The molecule has 0 aliphatic heterocycles. The lowest BCUT2D eigenvalue weighted by molar-refractivity contribution is 0.283. The van der Waals surface area contributed by atoms with Gasteiger partial charge in [0.2, 0.25) is 0 Å². The van der Waals surface area contributed by atoms with Gasteiger partial charge in [0.1, 0.15) is 6.61 Å². The van der Waals surface area contributed by atoms with Crippen LogP contribution in [0.1, 0.15) is 16.7 Å². The Bertz CT molecular complexity index is 835. The highest BCUT2D eigenvalue weighted by molar-refractivity contribution is 5.44. The van der Waals surface area contributed by atoms with Gasteiger partial charge in [-0.05, 0) is 47.9 Å². The van der Waals surface area contributed by atoms with E-state index in [0.717, 1.165) is 22.7 Å². The summed E-state index contributed by atoms with van der Waals surface area (Å²) in [5.41, 5.74) is 10.9. The fourth-order valence-corrected chi connectivity index (χ4v) is 2.64. The van der Waals surface area contributed by atoms with Crippen molar-refractivity contribution in [1.29, 1.82) is 0 Å². The zero-order valence-electron chi connectivity index (χ0n) is 15.2. The van der Waals surface area contributed by atoms with Gasteiger partial charge in [-0.25, -0.2) is 5.43 Å². The van der Waals surface area contributed by atoms with Gasteiger partial charge >= 0.3 is 0 Å². The summed E-state index contributed by atoms with van der Waals surface area (Å²) in [4.78, 5) is 0. The minimum atomic E-state index is 0.524. The molecule has 0 atom stereocenters. The number of rotatable bonds is 8. The van der Waals surface area contributed by atoms with Gasteiger partial charge in [0.15, 0.2) is 11.5 Å². The van der Waals surface area contributed by atoms with Crippen molar-refractivity contribution in [2.45, 2.75) is 20.1 Å². The first-order valence-electron chi connectivity index (χ1n) is 8.64. The van der Waals surface area contributed by atoms with Gasteiger partial charge in [0.25, 0.3) is 0 Å². The second-order valence-electron chi connectivity index (χ2n) is 6.04. The first-order chi connectivity index (χ1) is 12.8. The summed E-state index contributed by atoms with van der Waals surface area (Å²) in [7, 11) is 1.66. The Morgan fingerprint density at radius 3 is 2.38 bits per heavy atom. The highest BCUT2D eigenvalue weighted by Gasteiger charge is 2.07. The minimum Gasteiger partial charge on any atom is -0.493 e. The molecule has 0 heterocycles. The van der Waals surface area contributed by atoms with E-state index in [0.29, 0.717) is 13.2 Å². The third-order valence-electron chi connectivity index (χ3n) is 4.17. The molecular weight excluding hydrogens is 324 g/mol. The Kier molecular flexibility index (Phi) is 6.12. The smallest absolute Gasteiger partial charge is 0.161 e. The molecule has 134 valence electrons. The molecule has 0 aliphatic rings. The van der Waals surface area contributed by atoms with Crippen molar-refractivity contribution in [3.8, 4) is 11.5 Å². The quantitative estimate of drug-likeness (QED) is 0.579. The Morgan fingerprint density at radius 1 is 0.846 bits per heavy atom. The summed E-state index contributed by atoms with van der Waals surface area (Å²) in [5.74, 6) is 1.48. The van der Waals surface area contributed by atoms with Crippen molar-refractivity contribution in [1.82, 2.24) is 5.43 Å². The lowest BCUT2D eigenvalue weighted by atomic mass is 10.1. The molecule has 0 fully saturated rings. The molecule has 26 heavy (non-hydrogen) atoms. The number of aryl methyl sites for hydroxylation is 1. The number of methoxy groups -OCH3 is 1. The largest absolute Gasteiger partial charge is 0.493 e. The summed E-state index contributed by atoms with van der Waals surface area (Å²) < 4.78 is 11.5. The van der Waals surface area contributed by atoms with Crippen molar-refractivity contribution >= 4 is 5.69 Å². The fraction of sp³-hybridized carbons (Fsp3) is 0.182. The molecule has 0 aromatic heterocycles. The van der Waals surface area contributed by atoms with Crippen molar-refractivity contribution in [2.24, 2.45) is 0 Å². The van der Waals surface area contributed by atoms with Crippen LogP contribution in [0, 0.1) is 6.92 Å². The Hall–Kier alpha value is -2.98. The lowest BCUT2D eigenvalue weighted by Crippen LogP contribution is -2.20. The van der Waals surface area contributed by atoms with E-state index in [1.807, 2.05) is 60.7 Å². The summed E-state index contributed by atoms with van der Waals surface area (Å²) in [6.07, 6.45) is 0. The zero-order valence-corrected chi connectivity index (χ0v) is 15.2. The Balaban J connectivity index is 1.59. The molecule has 4 heteroatoms. The average molecular weight is 348 g/mol. The fourth-order valence-electron chi connectivity index (χ4n) is 2.64. The first-order valence-corrected chi connectivity index (χ1v) is 8.64. The highest BCUT2D eigenvalue weighted by atomic mass is 16.5. The molecule has 3 aromatic rings. The van der Waals surface area contributed by atoms with Crippen LogP contribution in [0.25, 0.3) is 0 Å². The summed E-state index contributed by atoms with van der Waals surface area (Å²) in [6, 6.07) is 24.2. The number of hydrogen-bond acceptors (Lipinski definition) is 4. The molecule has 4 nitrogen and oxygen atoms in total. The van der Waals surface area contributed by atoms with E-state index >= 15 is 0 Å². The van der Waals surface area contributed by atoms with Crippen molar-refractivity contribution < 1.29 is 9.47 Å². The second kappa shape index (κ2) is 8.92. The number of benzene rings is 3. The monoisotopic (exact) mass is 348 g/mol.